The highest BCUT2D eigenvalue weighted by Crippen LogP contribution is 2.24. The third-order valence-electron chi connectivity index (χ3n) is 2.47. The maximum Gasteiger partial charge on any atom is 0.251 e. The van der Waals surface area contributed by atoms with Crippen LogP contribution in [-0.2, 0) is 21.3 Å². The number of thiocarbonyl (C=S) groups is 1. The standard InChI is InChI=1S/C12H17NO3S2/c1-5-16-12(17)18(14)7-10-9(3)11(15-4)8(2)6-13-10/h6H,5,7H2,1-4H3/t18-/m1/s1. The summed E-state index contributed by atoms with van der Waals surface area (Å²) < 4.78 is 22.4. The van der Waals surface area contributed by atoms with Crippen LogP contribution in [0.3, 0.4) is 0 Å². The first-order valence-corrected chi connectivity index (χ1v) is 7.28. The minimum absolute atomic E-state index is 0.123. The number of nitrogens with zero attached hydrogens (tertiary/aromatic N) is 1. The molecule has 0 N–H and O–H groups in total. The van der Waals surface area contributed by atoms with E-state index in [1.54, 1.807) is 13.3 Å². The second-order valence-electron chi connectivity index (χ2n) is 3.72. The van der Waals surface area contributed by atoms with Crippen LogP contribution in [0.5, 0.6) is 5.75 Å². The molecule has 0 amide bonds. The molecule has 4 nitrogen and oxygen atoms in total. The SMILES string of the molecule is CCOC(=S)[S@](=O)Cc1ncc(C)c(OC)c1C. The molecule has 0 fully saturated rings. The molecule has 0 bridgehead atoms. The number of hydrogen-bond donors (Lipinski definition) is 0. The van der Waals surface area contributed by atoms with Crippen LogP contribution in [0.1, 0.15) is 23.7 Å². The minimum Gasteiger partial charge on any atom is -0.496 e. The van der Waals surface area contributed by atoms with E-state index < -0.39 is 10.8 Å². The summed E-state index contributed by atoms with van der Waals surface area (Å²) in [7, 11) is 0.260. The highest BCUT2D eigenvalue weighted by atomic mass is 32.2. The molecule has 1 aromatic rings. The Kier molecular flexibility index (Phi) is 5.68. The first-order chi connectivity index (χ1) is 8.51. The highest BCUT2D eigenvalue weighted by molar-refractivity contribution is 8.12. The molecule has 18 heavy (non-hydrogen) atoms. The van der Waals surface area contributed by atoms with E-state index >= 15 is 0 Å². The van der Waals surface area contributed by atoms with Crippen molar-refractivity contribution in [1.82, 2.24) is 4.98 Å². The van der Waals surface area contributed by atoms with Gasteiger partial charge in [0.25, 0.3) is 4.38 Å². The van der Waals surface area contributed by atoms with E-state index in [4.69, 9.17) is 21.7 Å². The van der Waals surface area contributed by atoms with Crippen LogP contribution >= 0.6 is 12.2 Å². The van der Waals surface area contributed by atoms with Crippen LogP contribution in [0.25, 0.3) is 0 Å². The van der Waals surface area contributed by atoms with E-state index in [-0.39, 0.29) is 10.1 Å². The molecular weight excluding hydrogens is 270 g/mol. The summed E-state index contributed by atoms with van der Waals surface area (Å²) in [5.74, 6) is 1.03. The van der Waals surface area contributed by atoms with E-state index in [0.29, 0.717) is 6.61 Å². The normalized spacial score (nSPS) is 12.0. The van der Waals surface area contributed by atoms with Gasteiger partial charge in [0.1, 0.15) is 16.5 Å². The summed E-state index contributed by atoms with van der Waals surface area (Å²) in [5.41, 5.74) is 2.57. The van der Waals surface area contributed by atoms with E-state index in [9.17, 15) is 4.21 Å². The lowest BCUT2D eigenvalue weighted by Crippen LogP contribution is -2.13. The lowest BCUT2D eigenvalue weighted by molar-refractivity contribution is 0.344. The van der Waals surface area contributed by atoms with Gasteiger partial charge in [-0.15, -0.1) is 0 Å². The molecule has 0 aliphatic heterocycles. The Bertz CT molecular complexity index is 475. The van der Waals surface area contributed by atoms with Crippen molar-refractivity contribution in [3.05, 3.63) is 23.0 Å². The number of pyridine rings is 1. The van der Waals surface area contributed by atoms with Crippen molar-refractivity contribution in [2.24, 2.45) is 0 Å². The van der Waals surface area contributed by atoms with Crippen molar-refractivity contribution in [3.8, 4) is 5.75 Å². The molecule has 6 heteroatoms. The molecule has 1 heterocycles. The van der Waals surface area contributed by atoms with Gasteiger partial charge in [0.05, 0.1) is 25.2 Å². The van der Waals surface area contributed by atoms with Gasteiger partial charge >= 0.3 is 0 Å². The molecule has 0 radical (unpaired) electrons. The van der Waals surface area contributed by atoms with Gasteiger partial charge in [-0.25, -0.2) is 4.21 Å². The predicted octanol–water partition coefficient (Wildman–Crippen LogP) is 2.28. The molecular formula is C12H17NO3S2. The van der Waals surface area contributed by atoms with Gasteiger partial charge < -0.3 is 9.47 Å². The zero-order chi connectivity index (χ0) is 13.7. The zero-order valence-electron chi connectivity index (χ0n) is 11.0. The third kappa shape index (κ3) is 3.49. The number of aromatic nitrogens is 1. The van der Waals surface area contributed by atoms with E-state index in [0.717, 1.165) is 22.6 Å². The molecule has 0 aliphatic carbocycles. The van der Waals surface area contributed by atoms with E-state index in [1.807, 2.05) is 20.8 Å². The molecule has 0 unspecified atom stereocenters. The minimum atomic E-state index is -1.35. The highest BCUT2D eigenvalue weighted by Gasteiger charge is 2.15. The van der Waals surface area contributed by atoms with E-state index in [2.05, 4.69) is 4.98 Å². The average Bonchev–Trinajstić information content (AvgIpc) is 2.33. The molecule has 0 spiro atoms. The van der Waals surface area contributed by atoms with Crippen LogP contribution in [0, 0.1) is 13.8 Å². The van der Waals surface area contributed by atoms with Gasteiger partial charge in [-0.2, -0.15) is 0 Å². The second-order valence-corrected chi connectivity index (χ2v) is 5.70. The third-order valence-corrected chi connectivity index (χ3v) is 4.17. The van der Waals surface area contributed by atoms with Crippen LogP contribution in [0.4, 0.5) is 0 Å². The van der Waals surface area contributed by atoms with Gasteiger partial charge in [-0.3, -0.25) is 4.98 Å². The maximum absolute atomic E-state index is 11.9. The van der Waals surface area contributed by atoms with Crippen molar-refractivity contribution in [3.63, 3.8) is 0 Å². The fourth-order valence-electron chi connectivity index (χ4n) is 1.58. The first-order valence-electron chi connectivity index (χ1n) is 5.55. The number of rotatable bonds is 4. The van der Waals surface area contributed by atoms with Crippen molar-refractivity contribution in [2.45, 2.75) is 26.5 Å². The molecule has 0 aliphatic rings. The first kappa shape index (κ1) is 15.0. The Morgan fingerprint density at radius 1 is 1.50 bits per heavy atom. The van der Waals surface area contributed by atoms with Crippen LogP contribution < -0.4 is 4.74 Å². The molecule has 1 atom stereocenters. The molecule has 0 saturated heterocycles. The predicted molar refractivity (Wildman–Crippen MR) is 76.3 cm³/mol. The lowest BCUT2D eigenvalue weighted by Gasteiger charge is -2.12. The van der Waals surface area contributed by atoms with Crippen molar-refractivity contribution in [2.75, 3.05) is 13.7 Å². The number of aryl methyl sites for hydroxylation is 1. The monoisotopic (exact) mass is 287 g/mol. The Labute approximate surface area is 115 Å². The lowest BCUT2D eigenvalue weighted by atomic mass is 10.1. The van der Waals surface area contributed by atoms with Crippen molar-refractivity contribution >= 4 is 27.4 Å². The average molecular weight is 287 g/mol. The van der Waals surface area contributed by atoms with Crippen LogP contribution in [0.2, 0.25) is 0 Å². The molecule has 0 aromatic carbocycles. The molecule has 1 aromatic heterocycles. The van der Waals surface area contributed by atoms with Crippen molar-refractivity contribution < 1.29 is 13.7 Å². The Balaban J connectivity index is 2.92. The second kappa shape index (κ2) is 6.80. The van der Waals surface area contributed by atoms with Crippen LogP contribution in [0.15, 0.2) is 6.20 Å². The van der Waals surface area contributed by atoms with Gasteiger partial charge in [-0.1, -0.05) is 0 Å². The summed E-state index contributed by atoms with van der Waals surface area (Å²) in [5, 5.41) is 0. The number of methoxy groups -OCH3 is 1. The fourth-order valence-corrected chi connectivity index (χ4v) is 2.78. The van der Waals surface area contributed by atoms with Gasteiger partial charge in [-0.05, 0) is 33.0 Å². The summed E-state index contributed by atoms with van der Waals surface area (Å²) >= 11 is 4.92. The van der Waals surface area contributed by atoms with Gasteiger partial charge in [0.2, 0.25) is 0 Å². The summed E-state index contributed by atoms with van der Waals surface area (Å²) in [6, 6.07) is 0. The summed E-state index contributed by atoms with van der Waals surface area (Å²) in [4.78, 5) is 4.28. The topological polar surface area (TPSA) is 48.4 Å². The number of ether oxygens (including phenoxy) is 2. The fraction of sp³-hybridized carbons (Fsp3) is 0.500. The Hall–Kier alpha value is -1.01. The largest absolute Gasteiger partial charge is 0.496 e. The quantitative estimate of drug-likeness (QED) is 0.795. The van der Waals surface area contributed by atoms with Crippen LogP contribution in [-0.4, -0.2) is 27.3 Å². The van der Waals surface area contributed by atoms with Gasteiger partial charge in [0, 0.05) is 17.3 Å². The number of hydrogen-bond acceptors (Lipinski definition) is 5. The Morgan fingerprint density at radius 2 is 2.17 bits per heavy atom. The molecule has 0 saturated carbocycles. The molecule has 100 valence electrons. The molecule has 1 rings (SSSR count). The summed E-state index contributed by atoms with van der Waals surface area (Å²) in [6.45, 7) is 6.05. The Morgan fingerprint density at radius 3 is 2.72 bits per heavy atom. The smallest absolute Gasteiger partial charge is 0.251 e. The van der Waals surface area contributed by atoms with E-state index in [1.165, 1.54) is 0 Å². The van der Waals surface area contributed by atoms with Gasteiger partial charge in [0.15, 0.2) is 0 Å². The zero-order valence-corrected chi connectivity index (χ0v) is 12.6. The maximum atomic E-state index is 11.9. The summed E-state index contributed by atoms with van der Waals surface area (Å²) in [6.07, 6.45) is 1.71. The van der Waals surface area contributed by atoms with Crippen molar-refractivity contribution in [1.29, 1.82) is 0 Å².